The summed E-state index contributed by atoms with van der Waals surface area (Å²) in [6.45, 7) is 6.22. The second kappa shape index (κ2) is 7.23. The number of ether oxygens (including phenoxy) is 3. The Morgan fingerprint density at radius 1 is 1.10 bits per heavy atom. The van der Waals surface area contributed by atoms with Crippen molar-refractivity contribution >= 4 is 17.3 Å². The van der Waals surface area contributed by atoms with Gasteiger partial charge in [-0.05, 0) is 62.3 Å². The van der Waals surface area contributed by atoms with Crippen LogP contribution >= 0.6 is 12.2 Å². The first-order valence-corrected chi connectivity index (χ1v) is 10.4. The van der Waals surface area contributed by atoms with Crippen LogP contribution in [0.25, 0.3) is 0 Å². The standard InChI is InChI=1S/C23H28N2O4S/c1-13-8-15(26)10-19-20(13)16(14-6-7-17(27-4)18(9-14)28-5)11-23(29-19)12-22(2,3)24-21(30)25-23/h6-10,16,26H,11-12H2,1-5H3,(H2,24,25,30)/t16-,23+/m1/s1. The van der Waals surface area contributed by atoms with Gasteiger partial charge >= 0.3 is 0 Å². The number of methoxy groups -OCH3 is 2. The Labute approximate surface area is 182 Å². The zero-order valence-corrected chi connectivity index (χ0v) is 18.8. The number of aryl methyl sites for hydroxylation is 1. The van der Waals surface area contributed by atoms with Crippen LogP contribution in [0, 0.1) is 6.92 Å². The summed E-state index contributed by atoms with van der Waals surface area (Å²) in [5.74, 6) is 2.26. The lowest BCUT2D eigenvalue weighted by Gasteiger charge is -2.50. The zero-order chi connectivity index (χ0) is 21.7. The normalized spacial score (nSPS) is 24.3. The van der Waals surface area contributed by atoms with Gasteiger partial charge in [0.1, 0.15) is 11.5 Å². The van der Waals surface area contributed by atoms with Gasteiger partial charge in [-0.2, -0.15) is 0 Å². The van der Waals surface area contributed by atoms with E-state index in [1.807, 2.05) is 19.1 Å². The molecule has 2 aliphatic heterocycles. The monoisotopic (exact) mass is 428 g/mol. The van der Waals surface area contributed by atoms with Crippen molar-refractivity contribution in [2.75, 3.05) is 14.2 Å². The first kappa shape index (κ1) is 20.6. The molecule has 1 saturated heterocycles. The molecule has 0 aliphatic carbocycles. The molecule has 2 aromatic rings. The van der Waals surface area contributed by atoms with Gasteiger partial charge in [0.05, 0.1) is 14.2 Å². The molecule has 4 rings (SSSR count). The topological polar surface area (TPSA) is 72.0 Å². The van der Waals surface area contributed by atoms with Crippen molar-refractivity contribution in [1.82, 2.24) is 10.6 Å². The van der Waals surface area contributed by atoms with E-state index in [9.17, 15) is 5.11 Å². The van der Waals surface area contributed by atoms with Gasteiger partial charge in [-0.15, -0.1) is 0 Å². The summed E-state index contributed by atoms with van der Waals surface area (Å²) in [6.07, 6.45) is 1.39. The molecule has 0 unspecified atom stereocenters. The second-order valence-electron chi connectivity index (χ2n) is 8.78. The molecule has 2 atom stereocenters. The van der Waals surface area contributed by atoms with E-state index >= 15 is 0 Å². The summed E-state index contributed by atoms with van der Waals surface area (Å²) < 4.78 is 17.5. The van der Waals surface area contributed by atoms with Gasteiger partial charge in [0.2, 0.25) is 0 Å². The van der Waals surface area contributed by atoms with Crippen molar-refractivity contribution in [3.63, 3.8) is 0 Å². The SMILES string of the molecule is COc1ccc([C@H]2C[C@@]3(CC(C)(C)NC(=S)N3)Oc3cc(O)cc(C)c32)cc1OC. The Morgan fingerprint density at radius 3 is 2.50 bits per heavy atom. The fourth-order valence-corrected chi connectivity index (χ4v) is 5.31. The van der Waals surface area contributed by atoms with Gasteiger partial charge in [-0.3, -0.25) is 0 Å². The molecule has 7 heteroatoms. The fraction of sp³-hybridized carbons (Fsp3) is 0.435. The van der Waals surface area contributed by atoms with E-state index in [1.54, 1.807) is 26.4 Å². The maximum Gasteiger partial charge on any atom is 0.185 e. The van der Waals surface area contributed by atoms with Crippen LogP contribution in [-0.2, 0) is 0 Å². The number of fused-ring (bicyclic) bond motifs is 1. The first-order chi connectivity index (χ1) is 14.1. The van der Waals surface area contributed by atoms with Crippen LogP contribution in [0.15, 0.2) is 30.3 Å². The maximum atomic E-state index is 10.2. The molecule has 0 saturated carbocycles. The van der Waals surface area contributed by atoms with Crippen LogP contribution in [0.3, 0.4) is 0 Å². The molecular formula is C23H28N2O4S. The fourth-order valence-electron chi connectivity index (χ4n) is 4.85. The van der Waals surface area contributed by atoms with Crippen molar-refractivity contribution < 1.29 is 19.3 Å². The minimum atomic E-state index is -0.684. The molecule has 1 spiro atoms. The first-order valence-electron chi connectivity index (χ1n) is 10.00. The van der Waals surface area contributed by atoms with Crippen LogP contribution in [0.4, 0.5) is 0 Å². The van der Waals surface area contributed by atoms with Gasteiger partial charge in [0.15, 0.2) is 22.3 Å². The molecule has 0 aromatic heterocycles. The number of hydrogen-bond donors (Lipinski definition) is 3. The Bertz CT molecular complexity index is 1010. The number of nitrogens with one attached hydrogen (secondary N) is 2. The molecule has 1 fully saturated rings. The number of thiocarbonyl (C=S) groups is 1. The van der Waals surface area contributed by atoms with Crippen LogP contribution in [-0.4, -0.2) is 35.7 Å². The van der Waals surface area contributed by atoms with Crippen LogP contribution in [0.2, 0.25) is 0 Å². The van der Waals surface area contributed by atoms with Crippen molar-refractivity contribution in [1.29, 1.82) is 0 Å². The third-order valence-corrected chi connectivity index (χ3v) is 6.06. The number of aromatic hydroxyl groups is 1. The third kappa shape index (κ3) is 3.62. The van der Waals surface area contributed by atoms with Gasteiger partial charge in [0, 0.05) is 35.9 Å². The van der Waals surface area contributed by atoms with Crippen molar-refractivity contribution in [3.8, 4) is 23.0 Å². The molecular weight excluding hydrogens is 400 g/mol. The molecule has 0 bridgehead atoms. The minimum Gasteiger partial charge on any atom is -0.508 e. The highest BCUT2D eigenvalue weighted by Crippen LogP contribution is 2.50. The molecule has 3 N–H and O–H groups in total. The van der Waals surface area contributed by atoms with Gasteiger partial charge < -0.3 is 30.0 Å². The number of phenols is 1. The van der Waals surface area contributed by atoms with Crippen molar-refractivity contribution in [2.24, 2.45) is 0 Å². The lowest BCUT2D eigenvalue weighted by molar-refractivity contribution is -0.0130. The minimum absolute atomic E-state index is 0.0263. The summed E-state index contributed by atoms with van der Waals surface area (Å²) in [7, 11) is 3.27. The van der Waals surface area contributed by atoms with Gasteiger partial charge in [0.25, 0.3) is 0 Å². The zero-order valence-electron chi connectivity index (χ0n) is 18.0. The molecule has 6 nitrogen and oxygen atoms in total. The number of benzene rings is 2. The number of hydrogen-bond acceptors (Lipinski definition) is 5. The Kier molecular flexibility index (Phi) is 4.97. The average Bonchev–Trinajstić information content (AvgIpc) is 2.64. The summed E-state index contributed by atoms with van der Waals surface area (Å²) in [4.78, 5) is 0. The third-order valence-electron chi connectivity index (χ3n) is 5.85. The van der Waals surface area contributed by atoms with Crippen LogP contribution in [0.1, 0.15) is 49.3 Å². The summed E-state index contributed by atoms with van der Waals surface area (Å²) in [5.41, 5.74) is 2.23. The van der Waals surface area contributed by atoms with E-state index in [0.29, 0.717) is 35.2 Å². The molecule has 0 radical (unpaired) electrons. The summed E-state index contributed by atoms with van der Waals surface area (Å²) >= 11 is 5.50. The highest BCUT2D eigenvalue weighted by molar-refractivity contribution is 7.80. The molecule has 2 aromatic carbocycles. The number of rotatable bonds is 3. The van der Waals surface area contributed by atoms with Gasteiger partial charge in [-0.1, -0.05) is 6.07 Å². The molecule has 2 heterocycles. The van der Waals surface area contributed by atoms with E-state index < -0.39 is 5.72 Å². The predicted octanol–water partition coefficient (Wildman–Crippen LogP) is 3.97. The molecule has 0 amide bonds. The van der Waals surface area contributed by atoms with E-state index in [4.69, 9.17) is 26.4 Å². The van der Waals surface area contributed by atoms with E-state index in [0.717, 1.165) is 16.7 Å². The Hall–Kier alpha value is -2.67. The smallest absolute Gasteiger partial charge is 0.185 e. The molecule has 160 valence electrons. The van der Waals surface area contributed by atoms with E-state index in [-0.39, 0.29) is 17.2 Å². The van der Waals surface area contributed by atoms with Gasteiger partial charge in [-0.25, -0.2) is 0 Å². The van der Waals surface area contributed by atoms with E-state index in [1.165, 1.54) is 0 Å². The highest BCUT2D eigenvalue weighted by atomic mass is 32.1. The lowest BCUT2D eigenvalue weighted by atomic mass is 9.76. The van der Waals surface area contributed by atoms with Crippen molar-refractivity contribution in [3.05, 3.63) is 47.0 Å². The lowest BCUT2D eigenvalue weighted by Crippen LogP contribution is -2.69. The maximum absolute atomic E-state index is 10.2. The van der Waals surface area contributed by atoms with Crippen molar-refractivity contribution in [2.45, 2.75) is 50.8 Å². The highest BCUT2D eigenvalue weighted by Gasteiger charge is 2.49. The summed E-state index contributed by atoms with van der Waals surface area (Å²) in [6, 6.07) is 9.47. The number of phenolic OH excluding ortho intramolecular Hbond substituents is 1. The second-order valence-corrected chi connectivity index (χ2v) is 9.19. The van der Waals surface area contributed by atoms with E-state index in [2.05, 4.69) is 30.5 Å². The average molecular weight is 429 g/mol. The molecule has 30 heavy (non-hydrogen) atoms. The largest absolute Gasteiger partial charge is 0.508 e. The summed E-state index contributed by atoms with van der Waals surface area (Å²) in [5, 5.41) is 17.5. The Balaban J connectivity index is 1.86. The molecule has 2 aliphatic rings. The Morgan fingerprint density at radius 2 is 1.83 bits per heavy atom. The van der Waals surface area contributed by atoms with Crippen LogP contribution < -0.4 is 24.8 Å². The van der Waals surface area contributed by atoms with Crippen LogP contribution in [0.5, 0.6) is 23.0 Å². The predicted molar refractivity (Wildman–Crippen MR) is 120 cm³/mol. The quantitative estimate of drug-likeness (QED) is 0.639.